The first-order valence-electron chi connectivity index (χ1n) is 3.53. The van der Waals surface area contributed by atoms with Crippen LogP contribution in [0.3, 0.4) is 0 Å². The van der Waals surface area contributed by atoms with E-state index in [2.05, 4.69) is 4.84 Å². The van der Waals surface area contributed by atoms with Gasteiger partial charge in [0.15, 0.2) is 7.11 Å². The lowest BCUT2D eigenvalue weighted by Crippen LogP contribution is -2.01. The Morgan fingerprint density at radius 3 is 2.69 bits per heavy atom. The van der Waals surface area contributed by atoms with Gasteiger partial charge in [0.25, 0.3) is 4.92 Å². The molecule has 0 N–H and O–H groups in total. The average molecular weight is 205 g/mol. The largest absolute Gasteiger partial charge is 0.352 e. The van der Waals surface area contributed by atoms with Crippen LogP contribution >= 0.6 is 11.6 Å². The number of aryl methyl sites for hydroxylation is 1. The Hall–Kier alpha value is -1.16. The fraction of sp³-hybridized carbons (Fsp3) is 0.250. The number of hydrogen-bond acceptors (Lipinski definition) is 2. The van der Waals surface area contributed by atoms with Gasteiger partial charge in [-0.3, -0.25) is 0 Å². The lowest BCUT2D eigenvalue weighted by Gasteiger charge is -1.96. The van der Waals surface area contributed by atoms with E-state index in [1.54, 1.807) is 6.92 Å². The molecular formula is C8H8ClFNO2+. The maximum Gasteiger partial charge on any atom is 0.352 e. The minimum absolute atomic E-state index is 0.0959. The molecule has 0 radical (unpaired) electrons. The summed E-state index contributed by atoms with van der Waals surface area (Å²) in [6.07, 6.45) is 0. The number of hydrogen-bond donors (Lipinski definition) is 0. The third kappa shape index (κ3) is 1.95. The van der Waals surface area contributed by atoms with E-state index >= 15 is 0 Å². The van der Waals surface area contributed by atoms with Gasteiger partial charge >= 0.3 is 5.69 Å². The van der Waals surface area contributed by atoms with Crippen molar-refractivity contribution in [1.29, 1.82) is 0 Å². The fourth-order valence-corrected chi connectivity index (χ4v) is 1.03. The van der Waals surface area contributed by atoms with Gasteiger partial charge in [-0.15, -0.1) is 0 Å². The van der Waals surface area contributed by atoms with E-state index in [0.29, 0.717) is 5.56 Å². The molecule has 0 amide bonds. The van der Waals surface area contributed by atoms with Crippen LogP contribution in [0.15, 0.2) is 12.1 Å². The summed E-state index contributed by atoms with van der Waals surface area (Å²) in [6, 6.07) is 2.41. The molecule has 1 aromatic carbocycles. The van der Waals surface area contributed by atoms with Crippen LogP contribution in [0.5, 0.6) is 0 Å². The van der Waals surface area contributed by atoms with Gasteiger partial charge < -0.3 is 0 Å². The summed E-state index contributed by atoms with van der Waals surface area (Å²) in [7, 11) is 1.16. The number of halogens is 2. The minimum Gasteiger partial charge on any atom is -0.230 e. The summed E-state index contributed by atoms with van der Waals surface area (Å²) < 4.78 is 13.1. The SMILES string of the molecule is CO[N+](=O)c1cc(C)c(Cl)cc1F. The second kappa shape index (κ2) is 3.70. The molecule has 0 saturated heterocycles. The zero-order valence-electron chi connectivity index (χ0n) is 7.17. The van der Waals surface area contributed by atoms with Gasteiger partial charge in [-0.2, -0.15) is 4.39 Å². The van der Waals surface area contributed by atoms with Gasteiger partial charge in [-0.25, -0.2) is 4.84 Å². The highest BCUT2D eigenvalue weighted by Crippen LogP contribution is 2.25. The van der Waals surface area contributed by atoms with Crippen LogP contribution in [0, 0.1) is 17.6 Å². The zero-order chi connectivity index (χ0) is 10.0. The predicted octanol–water partition coefficient (Wildman–Crippen LogP) is 2.76. The van der Waals surface area contributed by atoms with E-state index in [9.17, 15) is 9.30 Å². The van der Waals surface area contributed by atoms with Crippen molar-refractivity contribution in [2.24, 2.45) is 0 Å². The van der Waals surface area contributed by atoms with Crippen LogP contribution in [0.25, 0.3) is 0 Å². The first-order chi connectivity index (χ1) is 6.06. The lowest BCUT2D eigenvalue weighted by atomic mass is 10.2. The topological polar surface area (TPSA) is 29.3 Å². The maximum absolute atomic E-state index is 13.1. The van der Waals surface area contributed by atoms with Crippen molar-refractivity contribution in [2.75, 3.05) is 7.11 Å². The van der Waals surface area contributed by atoms with Crippen molar-refractivity contribution < 1.29 is 14.2 Å². The Labute approximate surface area is 79.6 Å². The Morgan fingerprint density at radius 1 is 1.54 bits per heavy atom. The van der Waals surface area contributed by atoms with E-state index in [1.807, 2.05) is 0 Å². The quantitative estimate of drug-likeness (QED) is 0.694. The van der Waals surface area contributed by atoms with Crippen molar-refractivity contribution in [2.45, 2.75) is 6.92 Å². The summed E-state index contributed by atoms with van der Waals surface area (Å²) in [5, 5.41) is 0.283. The molecule has 13 heavy (non-hydrogen) atoms. The summed E-state index contributed by atoms with van der Waals surface area (Å²) in [4.78, 5) is 15.3. The van der Waals surface area contributed by atoms with Crippen molar-refractivity contribution >= 4 is 17.3 Å². The van der Waals surface area contributed by atoms with Gasteiger partial charge in [0.05, 0.1) is 4.91 Å². The third-order valence-electron chi connectivity index (χ3n) is 1.59. The molecule has 5 heteroatoms. The highest BCUT2D eigenvalue weighted by molar-refractivity contribution is 6.31. The van der Waals surface area contributed by atoms with Crippen molar-refractivity contribution in [3.63, 3.8) is 0 Å². The van der Waals surface area contributed by atoms with E-state index in [4.69, 9.17) is 11.6 Å². The molecule has 0 atom stereocenters. The van der Waals surface area contributed by atoms with E-state index in [0.717, 1.165) is 13.2 Å². The molecular weight excluding hydrogens is 197 g/mol. The molecule has 0 aliphatic heterocycles. The van der Waals surface area contributed by atoms with E-state index < -0.39 is 5.82 Å². The summed E-state index contributed by atoms with van der Waals surface area (Å²) in [6.45, 7) is 1.68. The van der Waals surface area contributed by atoms with Crippen LogP contribution in [-0.4, -0.2) is 12.0 Å². The first-order valence-corrected chi connectivity index (χ1v) is 3.91. The molecule has 0 spiro atoms. The normalized spacial score (nSPS) is 9.85. The lowest BCUT2D eigenvalue weighted by molar-refractivity contribution is -0.737. The maximum atomic E-state index is 13.1. The molecule has 1 rings (SSSR count). The molecule has 0 aliphatic rings. The van der Waals surface area contributed by atoms with E-state index in [-0.39, 0.29) is 15.6 Å². The molecule has 0 saturated carbocycles. The van der Waals surface area contributed by atoms with Crippen molar-refractivity contribution in [3.8, 4) is 0 Å². The molecule has 0 heterocycles. The zero-order valence-corrected chi connectivity index (χ0v) is 7.93. The van der Waals surface area contributed by atoms with Crippen molar-refractivity contribution in [1.82, 2.24) is 0 Å². The number of nitrogens with zero attached hydrogens (tertiary/aromatic N) is 1. The van der Waals surface area contributed by atoms with Gasteiger partial charge in [0, 0.05) is 17.2 Å². The molecule has 1 aromatic rings. The second-order valence-electron chi connectivity index (χ2n) is 2.49. The average Bonchev–Trinajstić information content (AvgIpc) is 2.10. The third-order valence-corrected chi connectivity index (χ3v) is 2.00. The first kappa shape index (κ1) is 9.92. The molecule has 3 nitrogen and oxygen atoms in total. The van der Waals surface area contributed by atoms with Gasteiger partial charge in [0.1, 0.15) is 0 Å². The van der Waals surface area contributed by atoms with Gasteiger partial charge in [-0.05, 0) is 12.5 Å². The van der Waals surface area contributed by atoms with Crippen LogP contribution in [0.4, 0.5) is 10.1 Å². The molecule has 0 aliphatic carbocycles. The molecule has 0 fully saturated rings. The monoisotopic (exact) mass is 204 g/mol. The molecule has 0 unspecified atom stereocenters. The van der Waals surface area contributed by atoms with E-state index in [1.165, 1.54) is 6.07 Å². The molecule has 0 aromatic heterocycles. The smallest absolute Gasteiger partial charge is 0.230 e. The van der Waals surface area contributed by atoms with Crippen LogP contribution in [0.2, 0.25) is 5.02 Å². The Balaban J connectivity index is 3.23. The minimum atomic E-state index is -0.701. The second-order valence-corrected chi connectivity index (χ2v) is 2.90. The highest BCUT2D eigenvalue weighted by atomic mass is 35.5. The summed E-state index contributed by atoms with van der Waals surface area (Å²) in [5.41, 5.74) is 0.445. The van der Waals surface area contributed by atoms with Gasteiger partial charge in [-0.1, -0.05) is 11.6 Å². The summed E-state index contributed by atoms with van der Waals surface area (Å²) >= 11 is 5.63. The van der Waals surface area contributed by atoms with Crippen LogP contribution in [-0.2, 0) is 4.84 Å². The van der Waals surface area contributed by atoms with Crippen LogP contribution in [0.1, 0.15) is 5.56 Å². The van der Waals surface area contributed by atoms with Gasteiger partial charge in [0.2, 0.25) is 5.82 Å². The Bertz CT molecular complexity index is 354. The van der Waals surface area contributed by atoms with Crippen molar-refractivity contribution in [3.05, 3.63) is 33.4 Å². The van der Waals surface area contributed by atoms with Crippen LogP contribution < -0.4 is 0 Å². The summed E-state index contributed by atoms with van der Waals surface area (Å²) in [5.74, 6) is -0.701. The molecule has 70 valence electrons. The number of rotatable bonds is 2. The molecule has 0 bridgehead atoms. The highest BCUT2D eigenvalue weighted by Gasteiger charge is 2.22. The fourth-order valence-electron chi connectivity index (χ4n) is 0.880. The predicted molar refractivity (Wildman–Crippen MR) is 46.4 cm³/mol. The Morgan fingerprint density at radius 2 is 2.15 bits per heavy atom. The Kier molecular flexibility index (Phi) is 2.83. The number of benzene rings is 1. The standard InChI is InChI=1S/C8H8ClFNO2/c1-5-3-8(11(12)13-2)7(10)4-6(5)9/h3-4H,1-2H3/q+1.